The van der Waals surface area contributed by atoms with Crippen LogP contribution in [0.1, 0.15) is 29.0 Å². The molecule has 2 unspecified atom stereocenters. The molecule has 1 aromatic carbocycles. The van der Waals surface area contributed by atoms with Crippen LogP contribution in [0.2, 0.25) is 0 Å². The molecule has 1 aliphatic heterocycles. The number of thiophene rings is 1. The van der Waals surface area contributed by atoms with E-state index in [4.69, 9.17) is 0 Å². The summed E-state index contributed by atoms with van der Waals surface area (Å²) in [5, 5.41) is 8.54. The van der Waals surface area contributed by atoms with Crippen molar-refractivity contribution in [1.29, 1.82) is 0 Å². The fourth-order valence-corrected chi connectivity index (χ4v) is 3.68. The van der Waals surface area contributed by atoms with Crippen LogP contribution in [0.15, 0.2) is 41.8 Å². The number of hydrogen-bond donors (Lipinski definition) is 2. The number of rotatable bonds is 4. The summed E-state index contributed by atoms with van der Waals surface area (Å²) in [4.78, 5) is 13.8. The summed E-state index contributed by atoms with van der Waals surface area (Å²) in [6.45, 7) is 2.92. The van der Waals surface area contributed by atoms with Gasteiger partial charge in [-0.05, 0) is 35.9 Å². The Balaban J connectivity index is 1.66. The largest absolute Gasteiger partial charge is 0.352 e. The Morgan fingerprint density at radius 1 is 1.38 bits per heavy atom. The van der Waals surface area contributed by atoms with Gasteiger partial charge in [-0.15, -0.1) is 11.3 Å². The van der Waals surface area contributed by atoms with Crippen LogP contribution >= 0.6 is 11.3 Å². The van der Waals surface area contributed by atoms with E-state index < -0.39 is 0 Å². The van der Waals surface area contributed by atoms with Gasteiger partial charge in [0.25, 0.3) is 0 Å². The molecule has 0 aliphatic carbocycles. The lowest BCUT2D eigenvalue weighted by Crippen LogP contribution is -2.44. The number of carbonyl (C=O) groups is 1. The normalized spacial score (nSPS) is 18.8. The lowest BCUT2D eigenvalue weighted by atomic mass is 9.94. The van der Waals surface area contributed by atoms with Crippen molar-refractivity contribution in [3.8, 4) is 0 Å². The SMILES string of the molecule is CC(Cc1cccs1)NC(=O)C1NCCc2ccccc21. The summed E-state index contributed by atoms with van der Waals surface area (Å²) in [6.07, 6.45) is 1.88. The topological polar surface area (TPSA) is 41.1 Å². The highest BCUT2D eigenvalue weighted by molar-refractivity contribution is 7.09. The summed E-state index contributed by atoms with van der Waals surface area (Å²) >= 11 is 1.74. The number of nitrogens with one attached hydrogen (secondary N) is 2. The fourth-order valence-electron chi connectivity index (χ4n) is 2.85. The molecule has 1 aromatic heterocycles. The van der Waals surface area contributed by atoms with Gasteiger partial charge in [-0.3, -0.25) is 4.79 Å². The van der Waals surface area contributed by atoms with E-state index in [9.17, 15) is 4.79 Å². The van der Waals surface area contributed by atoms with E-state index in [0.29, 0.717) is 0 Å². The molecule has 4 heteroatoms. The van der Waals surface area contributed by atoms with Gasteiger partial charge in [0.05, 0.1) is 0 Å². The van der Waals surface area contributed by atoms with E-state index in [1.807, 2.05) is 18.2 Å². The number of amides is 1. The molecule has 2 heterocycles. The maximum absolute atomic E-state index is 12.5. The highest BCUT2D eigenvalue weighted by Gasteiger charge is 2.26. The van der Waals surface area contributed by atoms with Crippen LogP contribution in [0.3, 0.4) is 0 Å². The summed E-state index contributed by atoms with van der Waals surface area (Å²) in [7, 11) is 0. The lowest BCUT2D eigenvalue weighted by Gasteiger charge is -2.27. The Morgan fingerprint density at radius 2 is 2.24 bits per heavy atom. The quantitative estimate of drug-likeness (QED) is 0.911. The highest BCUT2D eigenvalue weighted by Crippen LogP contribution is 2.23. The fraction of sp³-hybridized carbons (Fsp3) is 0.353. The van der Waals surface area contributed by atoms with Crippen molar-refractivity contribution in [3.63, 3.8) is 0 Å². The van der Waals surface area contributed by atoms with Gasteiger partial charge in [0.2, 0.25) is 5.91 Å². The van der Waals surface area contributed by atoms with Gasteiger partial charge in [-0.2, -0.15) is 0 Å². The smallest absolute Gasteiger partial charge is 0.241 e. The maximum atomic E-state index is 12.5. The Bertz CT molecular complexity index is 609. The molecule has 0 spiro atoms. The second-order valence-corrected chi connectivity index (χ2v) is 6.56. The third kappa shape index (κ3) is 3.34. The van der Waals surface area contributed by atoms with Gasteiger partial charge >= 0.3 is 0 Å². The first-order chi connectivity index (χ1) is 10.2. The number of fused-ring (bicyclic) bond motifs is 1. The second-order valence-electron chi connectivity index (χ2n) is 5.53. The second kappa shape index (κ2) is 6.41. The molecule has 2 N–H and O–H groups in total. The van der Waals surface area contributed by atoms with E-state index in [1.54, 1.807) is 11.3 Å². The van der Waals surface area contributed by atoms with E-state index in [2.05, 4.69) is 41.1 Å². The van der Waals surface area contributed by atoms with Crippen molar-refractivity contribution in [1.82, 2.24) is 10.6 Å². The standard InChI is InChI=1S/C17H20N2OS/c1-12(11-14-6-4-10-21-14)19-17(20)16-15-7-3-2-5-13(15)8-9-18-16/h2-7,10,12,16,18H,8-9,11H2,1H3,(H,19,20). The van der Waals surface area contributed by atoms with Gasteiger partial charge in [0, 0.05) is 23.9 Å². The molecule has 0 saturated carbocycles. The number of benzene rings is 1. The van der Waals surface area contributed by atoms with Crippen LogP contribution in [0.4, 0.5) is 0 Å². The first-order valence-electron chi connectivity index (χ1n) is 7.38. The molecule has 0 saturated heterocycles. The van der Waals surface area contributed by atoms with Gasteiger partial charge < -0.3 is 10.6 Å². The van der Waals surface area contributed by atoms with E-state index in [1.165, 1.54) is 10.4 Å². The predicted octanol–water partition coefficient (Wildman–Crippen LogP) is 2.68. The lowest BCUT2D eigenvalue weighted by molar-refractivity contribution is -0.124. The zero-order valence-corrected chi connectivity index (χ0v) is 13.0. The van der Waals surface area contributed by atoms with Crippen molar-refractivity contribution in [2.24, 2.45) is 0 Å². The molecule has 1 amide bonds. The van der Waals surface area contributed by atoms with E-state index in [0.717, 1.165) is 24.9 Å². The molecule has 2 aromatic rings. The molecule has 2 atom stereocenters. The van der Waals surface area contributed by atoms with Crippen molar-refractivity contribution >= 4 is 17.2 Å². The van der Waals surface area contributed by atoms with Crippen LogP contribution in [0, 0.1) is 0 Å². The summed E-state index contributed by atoms with van der Waals surface area (Å²) < 4.78 is 0. The molecule has 110 valence electrons. The first kappa shape index (κ1) is 14.3. The Morgan fingerprint density at radius 3 is 3.05 bits per heavy atom. The molecule has 0 radical (unpaired) electrons. The Labute approximate surface area is 129 Å². The van der Waals surface area contributed by atoms with E-state index >= 15 is 0 Å². The van der Waals surface area contributed by atoms with Gasteiger partial charge in [-0.1, -0.05) is 30.3 Å². The Kier molecular flexibility index (Phi) is 4.36. The predicted molar refractivity (Wildman–Crippen MR) is 86.5 cm³/mol. The minimum absolute atomic E-state index is 0.0752. The Hall–Kier alpha value is -1.65. The molecule has 0 fully saturated rings. The molecule has 3 nitrogen and oxygen atoms in total. The van der Waals surface area contributed by atoms with Crippen LogP contribution < -0.4 is 10.6 Å². The van der Waals surface area contributed by atoms with Crippen LogP contribution in [0.25, 0.3) is 0 Å². The molecule has 1 aliphatic rings. The minimum atomic E-state index is -0.222. The third-order valence-electron chi connectivity index (χ3n) is 3.85. The van der Waals surface area contributed by atoms with Crippen molar-refractivity contribution in [3.05, 3.63) is 57.8 Å². The average molecular weight is 300 g/mol. The molecular formula is C17H20N2OS. The summed E-state index contributed by atoms with van der Waals surface area (Å²) in [5.74, 6) is 0.0752. The average Bonchev–Trinajstić information content (AvgIpc) is 2.99. The zero-order chi connectivity index (χ0) is 14.7. The number of carbonyl (C=O) groups excluding carboxylic acids is 1. The first-order valence-corrected chi connectivity index (χ1v) is 8.26. The zero-order valence-electron chi connectivity index (χ0n) is 12.1. The van der Waals surface area contributed by atoms with Crippen LogP contribution in [0.5, 0.6) is 0 Å². The molecular weight excluding hydrogens is 280 g/mol. The molecule has 3 rings (SSSR count). The van der Waals surface area contributed by atoms with Crippen LogP contribution in [-0.4, -0.2) is 18.5 Å². The molecule has 0 bridgehead atoms. The third-order valence-corrected chi connectivity index (χ3v) is 4.75. The summed E-state index contributed by atoms with van der Waals surface area (Å²) in [6, 6.07) is 12.3. The van der Waals surface area contributed by atoms with Crippen LogP contribution in [-0.2, 0) is 17.6 Å². The van der Waals surface area contributed by atoms with Crippen molar-refractivity contribution < 1.29 is 4.79 Å². The molecule has 21 heavy (non-hydrogen) atoms. The number of hydrogen-bond acceptors (Lipinski definition) is 3. The summed E-state index contributed by atoms with van der Waals surface area (Å²) in [5.41, 5.74) is 2.40. The minimum Gasteiger partial charge on any atom is -0.352 e. The highest BCUT2D eigenvalue weighted by atomic mass is 32.1. The van der Waals surface area contributed by atoms with E-state index in [-0.39, 0.29) is 18.0 Å². The van der Waals surface area contributed by atoms with Gasteiger partial charge in [-0.25, -0.2) is 0 Å². The van der Waals surface area contributed by atoms with Gasteiger partial charge in [0.1, 0.15) is 6.04 Å². The van der Waals surface area contributed by atoms with Crippen molar-refractivity contribution in [2.45, 2.75) is 31.8 Å². The monoisotopic (exact) mass is 300 g/mol. The maximum Gasteiger partial charge on any atom is 0.241 e. The van der Waals surface area contributed by atoms with Crippen molar-refractivity contribution in [2.75, 3.05) is 6.54 Å². The van der Waals surface area contributed by atoms with Gasteiger partial charge in [0.15, 0.2) is 0 Å².